The normalized spacial score (nSPS) is 17.0. The molecule has 0 aromatic carbocycles. The summed E-state index contributed by atoms with van der Waals surface area (Å²) in [4.78, 5) is 6.62. The van der Waals surface area contributed by atoms with Crippen molar-refractivity contribution in [1.82, 2.24) is 25.2 Å². The van der Waals surface area contributed by atoms with Crippen LogP contribution in [0.2, 0.25) is 0 Å². The third kappa shape index (κ3) is 4.98. The molecule has 0 aliphatic carbocycles. The maximum absolute atomic E-state index is 5.84. The van der Waals surface area contributed by atoms with Crippen molar-refractivity contribution in [1.29, 1.82) is 0 Å². The van der Waals surface area contributed by atoms with Gasteiger partial charge in [0.15, 0.2) is 5.82 Å². The van der Waals surface area contributed by atoms with Crippen molar-refractivity contribution in [3.63, 3.8) is 0 Å². The van der Waals surface area contributed by atoms with Gasteiger partial charge in [-0.2, -0.15) is 10.1 Å². The fourth-order valence-electron chi connectivity index (χ4n) is 2.92. The number of likely N-dealkylation sites (tertiary alicyclic amines) is 1. The molecule has 25 heavy (non-hydrogen) atoms. The zero-order valence-electron chi connectivity index (χ0n) is 15.5. The molecule has 3 rings (SSSR count). The Morgan fingerprint density at radius 3 is 2.52 bits per heavy atom. The molecule has 0 saturated carbocycles. The molecule has 1 saturated heterocycles. The van der Waals surface area contributed by atoms with Gasteiger partial charge in [-0.05, 0) is 37.9 Å². The van der Waals surface area contributed by atoms with Crippen LogP contribution >= 0.6 is 0 Å². The van der Waals surface area contributed by atoms with Crippen LogP contribution in [0, 0.1) is 12.8 Å². The minimum absolute atomic E-state index is 0.00952. The van der Waals surface area contributed by atoms with E-state index in [2.05, 4.69) is 46.0 Å². The van der Waals surface area contributed by atoms with Gasteiger partial charge in [0.2, 0.25) is 11.8 Å². The van der Waals surface area contributed by atoms with Crippen LogP contribution in [-0.4, -0.2) is 44.9 Å². The van der Waals surface area contributed by atoms with E-state index >= 15 is 0 Å². The van der Waals surface area contributed by atoms with Gasteiger partial charge in [-0.25, -0.2) is 0 Å². The number of aromatic nitrogens is 4. The number of nitrogens with zero attached hydrogens (tertiary/aromatic N) is 5. The number of rotatable bonds is 5. The molecule has 0 N–H and O–H groups in total. The number of ether oxygens (including phenoxy) is 1. The van der Waals surface area contributed by atoms with Gasteiger partial charge in [0.1, 0.15) is 0 Å². The lowest BCUT2D eigenvalue weighted by Crippen LogP contribution is -2.35. The molecule has 2 aromatic heterocycles. The molecule has 2 aromatic rings. The monoisotopic (exact) mass is 345 g/mol. The number of piperidine rings is 1. The van der Waals surface area contributed by atoms with Gasteiger partial charge in [0.25, 0.3) is 0 Å². The van der Waals surface area contributed by atoms with Gasteiger partial charge in [-0.15, -0.1) is 5.10 Å². The summed E-state index contributed by atoms with van der Waals surface area (Å²) in [5.41, 5.74) is 0.986. The van der Waals surface area contributed by atoms with E-state index in [4.69, 9.17) is 9.26 Å². The first kappa shape index (κ1) is 17.8. The van der Waals surface area contributed by atoms with E-state index in [1.807, 2.05) is 19.1 Å². The van der Waals surface area contributed by atoms with E-state index in [9.17, 15) is 0 Å². The second-order valence-electron chi connectivity index (χ2n) is 7.77. The van der Waals surface area contributed by atoms with Crippen molar-refractivity contribution < 1.29 is 9.26 Å². The Morgan fingerprint density at radius 1 is 1.20 bits per heavy atom. The van der Waals surface area contributed by atoms with Crippen molar-refractivity contribution in [2.45, 2.75) is 52.5 Å². The second-order valence-corrected chi connectivity index (χ2v) is 7.77. The molecule has 0 bridgehead atoms. The fourth-order valence-corrected chi connectivity index (χ4v) is 2.92. The minimum Gasteiger partial charge on any atom is -0.476 e. The van der Waals surface area contributed by atoms with Crippen molar-refractivity contribution >= 4 is 0 Å². The van der Waals surface area contributed by atoms with Crippen LogP contribution in [0.3, 0.4) is 0 Å². The van der Waals surface area contributed by atoms with Crippen LogP contribution < -0.4 is 4.74 Å². The summed E-state index contributed by atoms with van der Waals surface area (Å²) < 4.78 is 10.9. The lowest BCUT2D eigenvalue weighted by Gasteiger charge is -2.30. The molecular formula is C18H27N5O2. The van der Waals surface area contributed by atoms with Gasteiger partial charge < -0.3 is 9.26 Å². The molecule has 0 spiro atoms. The second kappa shape index (κ2) is 7.47. The zero-order valence-corrected chi connectivity index (χ0v) is 15.5. The van der Waals surface area contributed by atoms with E-state index in [1.165, 1.54) is 0 Å². The molecule has 0 radical (unpaired) electrons. The third-order valence-electron chi connectivity index (χ3n) is 4.52. The van der Waals surface area contributed by atoms with Crippen LogP contribution in [0.1, 0.15) is 51.0 Å². The van der Waals surface area contributed by atoms with Gasteiger partial charge >= 0.3 is 0 Å². The first-order chi connectivity index (χ1) is 11.9. The fraction of sp³-hybridized carbons (Fsp3) is 0.667. The lowest BCUT2D eigenvalue weighted by atomic mass is 9.92. The highest BCUT2D eigenvalue weighted by molar-refractivity contribution is 5.16. The van der Waals surface area contributed by atoms with Crippen molar-refractivity contribution in [2.75, 3.05) is 19.7 Å². The van der Waals surface area contributed by atoms with Gasteiger partial charge in [0, 0.05) is 18.4 Å². The summed E-state index contributed by atoms with van der Waals surface area (Å²) in [6.45, 7) is 11.7. The molecule has 1 aliphatic rings. The predicted octanol–water partition coefficient (Wildman–Crippen LogP) is 2.76. The highest BCUT2D eigenvalue weighted by atomic mass is 16.5. The van der Waals surface area contributed by atoms with Crippen LogP contribution in [0.15, 0.2) is 16.7 Å². The maximum Gasteiger partial charge on any atom is 0.233 e. The Bertz CT molecular complexity index is 670. The molecule has 3 heterocycles. The van der Waals surface area contributed by atoms with Crippen LogP contribution in [0.5, 0.6) is 5.88 Å². The zero-order chi connectivity index (χ0) is 17.9. The smallest absolute Gasteiger partial charge is 0.233 e. The molecule has 0 amide bonds. The Kier molecular flexibility index (Phi) is 5.32. The third-order valence-corrected chi connectivity index (χ3v) is 4.52. The van der Waals surface area contributed by atoms with E-state index in [0.29, 0.717) is 24.3 Å². The van der Waals surface area contributed by atoms with Crippen LogP contribution in [0.4, 0.5) is 0 Å². The highest BCUT2D eigenvalue weighted by Crippen LogP contribution is 2.22. The predicted molar refractivity (Wildman–Crippen MR) is 93.3 cm³/mol. The lowest BCUT2D eigenvalue weighted by molar-refractivity contribution is 0.131. The Balaban J connectivity index is 1.42. The molecule has 0 unspecified atom stereocenters. The van der Waals surface area contributed by atoms with Crippen molar-refractivity contribution in [3.05, 3.63) is 29.5 Å². The highest BCUT2D eigenvalue weighted by Gasteiger charge is 2.21. The summed E-state index contributed by atoms with van der Waals surface area (Å²) in [6, 6.07) is 3.92. The average molecular weight is 345 g/mol. The SMILES string of the molecule is Cc1nc(CN2CCC(COc3ccc(C(C)(C)C)nn3)CC2)no1. The summed E-state index contributed by atoms with van der Waals surface area (Å²) in [6.07, 6.45) is 2.20. The number of hydrogen-bond acceptors (Lipinski definition) is 7. The molecule has 0 atom stereocenters. The average Bonchev–Trinajstić information content (AvgIpc) is 2.99. The van der Waals surface area contributed by atoms with E-state index in [0.717, 1.165) is 44.0 Å². The molecule has 1 fully saturated rings. The first-order valence-corrected chi connectivity index (χ1v) is 8.89. The summed E-state index contributed by atoms with van der Waals surface area (Å²) in [7, 11) is 0. The molecular weight excluding hydrogens is 318 g/mol. The van der Waals surface area contributed by atoms with Gasteiger partial charge in [0.05, 0.1) is 18.8 Å². The quantitative estimate of drug-likeness (QED) is 0.824. The molecule has 7 nitrogen and oxygen atoms in total. The largest absolute Gasteiger partial charge is 0.476 e. The molecule has 7 heteroatoms. The molecule has 1 aliphatic heterocycles. The topological polar surface area (TPSA) is 77.2 Å². The minimum atomic E-state index is 0.00952. The standard InChI is InChI=1S/C18H27N5O2/c1-13-19-16(22-25-13)11-23-9-7-14(8-10-23)12-24-17-6-5-15(20-21-17)18(2,3)4/h5-6,14H,7-12H2,1-4H3. The summed E-state index contributed by atoms with van der Waals surface area (Å²) >= 11 is 0. The molecule has 136 valence electrons. The van der Waals surface area contributed by atoms with Crippen LogP contribution in [0.25, 0.3) is 0 Å². The van der Waals surface area contributed by atoms with Gasteiger partial charge in [-0.3, -0.25) is 4.90 Å². The maximum atomic E-state index is 5.84. The van der Waals surface area contributed by atoms with Crippen LogP contribution in [-0.2, 0) is 12.0 Å². The Morgan fingerprint density at radius 2 is 1.96 bits per heavy atom. The first-order valence-electron chi connectivity index (χ1n) is 8.89. The Hall–Kier alpha value is -2.02. The van der Waals surface area contributed by atoms with Crippen molar-refractivity contribution in [3.8, 4) is 5.88 Å². The van der Waals surface area contributed by atoms with E-state index in [1.54, 1.807) is 0 Å². The summed E-state index contributed by atoms with van der Waals surface area (Å²) in [5.74, 6) is 2.54. The van der Waals surface area contributed by atoms with E-state index < -0.39 is 0 Å². The number of hydrogen-bond donors (Lipinski definition) is 0. The summed E-state index contributed by atoms with van der Waals surface area (Å²) in [5, 5.41) is 12.4. The van der Waals surface area contributed by atoms with E-state index in [-0.39, 0.29) is 5.41 Å². The Labute approximate surface area is 148 Å². The number of aryl methyl sites for hydroxylation is 1. The van der Waals surface area contributed by atoms with Gasteiger partial charge in [-0.1, -0.05) is 25.9 Å². The van der Waals surface area contributed by atoms with Crippen molar-refractivity contribution in [2.24, 2.45) is 5.92 Å².